The van der Waals surface area contributed by atoms with Crippen molar-refractivity contribution in [2.24, 2.45) is 0 Å². The number of nitrogens with one attached hydrogen (secondary N) is 1. The number of nitrogens with zero attached hydrogens (tertiary/aromatic N) is 4. The van der Waals surface area contributed by atoms with Crippen molar-refractivity contribution < 1.29 is 9.90 Å². The fourth-order valence-corrected chi connectivity index (χ4v) is 4.13. The number of aliphatic carboxylic acids is 1. The lowest BCUT2D eigenvalue weighted by atomic mass is 10.1. The van der Waals surface area contributed by atoms with E-state index in [9.17, 15) is 5.26 Å². The molecular weight excluding hydrogens is 509 g/mol. The molecule has 0 bridgehead atoms. The summed E-state index contributed by atoms with van der Waals surface area (Å²) in [7, 11) is 0. The van der Waals surface area contributed by atoms with E-state index in [-0.39, 0.29) is 0 Å². The van der Waals surface area contributed by atoms with Gasteiger partial charge in [0.25, 0.3) is 5.97 Å². The van der Waals surface area contributed by atoms with Gasteiger partial charge >= 0.3 is 0 Å². The summed E-state index contributed by atoms with van der Waals surface area (Å²) >= 11 is 12.4. The van der Waals surface area contributed by atoms with E-state index < -0.39 is 5.97 Å². The van der Waals surface area contributed by atoms with Gasteiger partial charge < -0.3 is 10.1 Å². The van der Waals surface area contributed by atoms with Crippen LogP contribution in [0.3, 0.4) is 0 Å². The Balaban J connectivity index is 0.000000747. The Morgan fingerprint density at radius 1 is 1.11 bits per heavy atom. The first-order valence-corrected chi connectivity index (χ1v) is 11.9. The highest BCUT2D eigenvalue weighted by molar-refractivity contribution is 6.35. The topological polar surface area (TPSA) is 108 Å². The Kier molecular flexibility index (Phi) is 8.04. The van der Waals surface area contributed by atoms with E-state index in [4.69, 9.17) is 38.2 Å². The minimum Gasteiger partial charge on any atom is -0.481 e. The number of hydrogen-bond acceptors (Lipinski definition) is 4. The second kappa shape index (κ2) is 11.6. The average Bonchev–Trinajstić information content (AvgIpc) is 3.48. The number of allylic oxidation sites excluding steroid dienone is 1. The van der Waals surface area contributed by atoms with Gasteiger partial charge in [0.2, 0.25) is 0 Å². The Morgan fingerprint density at radius 2 is 1.81 bits per heavy atom. The van der Waals surface area contributed by atoms with Crippen LogP contribution >= 0.6 is 23.2 Å². The molecule has 9 heteroatoms. The molecule has 2 N–H and O–H groups in total. The van der Waals surface area contributed by atoms with Crippen LogP contribution in [0.2, 0.25) is 10.0 Å². The molecule has 2 aromatic heterocycles. The maximum atomic E-state index is 9.90. The summed E-state index contributed by atoms with van der Waals surface area (Å²) in [6.45, 7) is 1.55. The Morgan fingerprint density at radius 3 is 2.49 bits per heavy atom. The number of carboxylic acid groups (broad SMARTS) is 1. The van der Waals surface area contributed by atoms with E-state index in [1.54, 1.807) is 12.1 Å². The lowest BCUT2D eigenvalue weighted by molar-refractivity contribution is -0.134. The quantitative estimate of drug-likeness (QED) is 0.240. The van der Waals surface area contributed by atoms with Crippen LogP contribution in [0.4, 0.5) is 0 Å². The van der Waals surface area contributed by atoms with Crippen LogP contribution in [0.25, 0.3) is 33.9 Å². The zero-order valence-electron chi connectivity index (χ0n) is 19.7. The number of para-hydroxylation sites is 2. The maximum Gasteiger partial charge on any atom is 0.300 e. The lowest BCUT2D eigenvalue weighted by Gasteiger charge is -2.05. The van der Waals surface area contributed by atoms with Gasteiger partial charge in [-0.05, 0) is 35.9 Å². The molecule has 3 aromatic carbocycles. The van der Waals surface area contributed by atoms with Crippen molar-refractivity contribution in [1.29, 1.82) is 5.26 Å². The molecule has 0 unspecified atom stereocenters. The van der Waals surface area contributed by atoms with Gasteiger partial charge in [-0.1, -0.05) is 71.7 Å². The van der Waals surface area contributed by atoms with Crippen molar-refractivity contribution in [3.05, 3.63) is 106 Å². The van der Waals surface area contributed by atoms with E-state index in [1.807, 2.05) is 77.6 Å². The molecule has 0 amide bonds. The molecule has 0 aliphatic heterocycles. The van der Waals surface area contributed by atoms with E-state index in [2.05, 4.69) is 16.0 Å². The van der Waals surface area contributed by atoms with Gasteiger partial charge in [-0.25, -0.2) is 4.98 Å². The first-order chi connectivity index (χ1) is 17.8. The molecule has 7 nitrogen and oxygen atoms in total. The number of fused-ring (bicyclic) bond motifs is 1. The van der Waals surface area contributed by atoms with Crippen molar-refractivity contribution in [3.63, 3.8) is 0 Å². The number of aromatic nitrogens is 4. The number of aromatic amines is 1. The molecule has 0 saturated carbocycles. The van der Waals surface area contributed by atoms with Crippen LogP contribution in [0.1, 0.15) is 23.9 Å². The minimum absolute atomic E-state index is 0.424. The molecule has 0 spiro atoms. The smallest absolute Gasteiger partial charge is 0.300 e. The summed E-state index contributed by atoms with van der Waals surface area (Å²) in [6, 6.07) is 25.2. The van der Waals surface area contributed by atoms with Gasteiger partial charge in [0.05, 0.1) is 28.8 Å². The predicted molar refractivity (Wildman–Crippen MR) is 146 cm³/mol. The molecule has 184 valence electrons. The summed E-state index contributed by atoms with van der Waals surface area (Å²) in [5, 5.41) is 23.3. The van der Waals surface area contributed by atoms with Crippen molar-refractivity contribution in [2.75, 3.05) is 0 Å². The van der Waals surface area contributed by atoms with Crippen LogP contribution in [0.5, 0.6) is 0 Å². The Labute approximate surface area is 223 Å². The monoisotopic (exact) mass is 529 g/mol. The molecule has 0 radical (unpaired) electrons. The highest BCUT2D eigenvalue weighted by atomic mass is 35.5. The second-order valence-corrected chi connectivity index (χ2v) is 8.87. The summed E-state index contributed by atoms with van der Waals surface area (Å²) in [5.41, 5.74) is 5.54. The molecular formula is C28H21Cl2N5O2. The third-order valence-corrected chi connectivity index (χ3v) is 5.84. The zero-order chi connectivity index (χ0) is 26.4. The number of carboxylic acids is 1. The Bertz CT molecular complexity index is 1590. The van der Waals surface area contributed by atoms with Crippen LogP contribution in [0, 0.1) is 11.3 Å². The van der Waals surface area contributed by atoms with Crippen LogP contribution in [-0.2, 0) is 11.3 Å². The van der Waals surface area contributed by atoms with Gasteiger partial charge in [0, 0.05) is 34.3 Å². The van der Waals surface area contributed by atoms with Gasteiger partial charge in [0.15, 0.2) is 0 Å². The summed E-state index contributed by atoms with van der Waals surface area (Å²) in [4.78, 5) is 16.8. The molecule has 2 heterocycles. The summed E-state index contributed by atoms with van der Waals surface area (Å²) < 4.78 is 1.82. The van der Waals surface area contributed by atoms with E-state index >= 15 is 0 Å². The Hall–Kier alpha value is -4.38. The normalized spacial score (nSPS) is 11.0. The number of benzene rings is 3. The van der Waals surface area contributed by atoms with Gasteiger partial charge in [0.1, 0.15) is 11.9 Å². The molecule has 5 aromatic rings. The van der Waals surface area contributed by atoms with Crippen molar-refractivity contribution in [1.82, 2.24) is 19.7 Å². The fourth-order valence-electron chi connectivity index (χ4n) is 3.66. The number of imidazole rings is 1. The van der Waals surface area contributed by atoms with E-state index in [1.165, 1.54) is 0 Å². The molecule has 0 aliphatic carbocycles. The zero-order valence-corrected chi connectivity index (χ0v) is 21.2. The van der Waals surface area contributed by atoms with Crippen LogP contribution in [-0.4, -0.2) is 30.8 Å². The number of H-pyrrole nitrogens is 1. The number of halogens is 2. The highest BCUT2D eigenvalue weighted by Gasteiger charge is 2.14. The number of nitriles is 1. The molecule has 0 saturated heterocycles. The van der Waals surface area contributed by atoms with Crippen molar-refractivity contribution in [3.8, 4) is 17.3 Å². The predicted octanol–water partition coefficient (Wildman–Crippen LogP) is 6.94. The van der Waals surface area contributed by atoms with E-state index in [0.717, 1.165) is 40.3 Å². The second-order valence-electron chi connectivity index (χ2n) is 8.02. The SMILES string of the molecule is CC(=O)O.N#CC(=Cc1cn(Cc2ccc(Cl)cc2Cl)nc1-c1ccccc1)c1nc2ccccc2[nH]1. The third kappa shape index (κ3) is 6.44. The van der Waals surface area contributed by atoms with Crippen LogP contribution in [0.15, 0.2) is 79.0 Å². The number of carbonyl (C=O) groups is 1. The van der Waals surface area contributed by atoms with Crippen molar-refractivity contribution >= 4 is 51.9 Å². The standard InChI is InChI=1S/C26H17Cl2N5.C2H4O2/c27-21-11-10-18(22(28)13-21)15-33-16-20(25(32-33)17-6-2-1-3-7-17)12-19(14-29)26-30-23-8-4-5-9-24(23)31-26;1-2(3)4/h1-13,16H,15H2,(H,30,31);1H3,(H,3,4). The summed E-state index contributed by atoms with van der Waals surface area (Å²) in [6.07, 6.45) is 3.72. The molecule has 5 rings (SSSR count). The van der Waals surface area contributed by atoms with Gasteiger partial charge in [-0.2, -0.15) is 10.4 Å². The van der Waals surface area contributed by atoms with E-state index in [0.29, 0.717) is 28.0 Å². The van der Waals surface area contributed by atoms with Gasteiger partial charge in [-0.3, -0.25) is 9.48 Å². The third-order valence-electron chi connectivity index (χ3n) is 5.25. The average molecular weight is 530 g/mol. The minimum atomic E-state index is -0.833. The molecule has 37 heavy (non-hydrogen) atoms. The van der Waals surface area contributed by atoms with Gasteiger partial charge in [-0.15, -0.1) is 0 Å². The highest BCUT2D eigenvalue weighted by Crippen LogP contribution is 2.28. The summed E-state index contributed by atoms with van der Waals surface area (Å²) in [5.74, 6) is -0.314. The van der Waals surface area contributed by atoms with Crippen LogP contribution < -0.4 is 0 Å². The number of rotatable bonds is 5. The number of hydrogen-bond donors (Lipinski definition) is 2. The maximum absolute atomic E-state index is 9.90. The first kappa shape index (κ1) is 25.7. The lowest BCUT2D eigenvalue weighted by Crippen LogP contribution is -2.01. The largest absolute Gasteiger partial charge is 0.481 e. The van der Waals surface area contributed by atoms with Crippen molar-refractivity contribution in [2.45, 2.75) is 13.5 Å². The molecule has 0 atom stereocenters. The molecule has 0 fully saturated rings. The first-order valence-electron chi connectivity index (χ1n) is 11.2. The molecule has 0 aliphatic rings. The fraction of sp³-hybridized carbons (Fsp3) is 0.0714.